The molecular formula is C25H36N8O2S2. The summed E-state index contributed by atoms with van der Waals surface area (Å²) in [6, 6.07) is 0. The van der Waals surface area contributed by atoms with Crippen molar-refractivity contribution in [3.05, 3.63) is 22.8 Å². The van der Waals surface area contributed by atoms with Crippen LogP contribution in [0.3, 0.4) is 0 Å². The van der Waals surface area contributed by atoms with Crippen LogP contribution in [-0.2, 0) is 16.1 Å². The first-order valence-corrected chi connectivity index (χ1v) is 14.9. The zero-order chi connectivity index (χ0) is 26.4. The molecule has 0 spiro atoms. The molecule has 3 aromatic rings. The molecule has 37 heavy (non-hydrogen) atoms. The molecule has 2 saturated heterocycles. The van der Waals surface area contributed by atoms with Crippen LogP contribution >= 0.6 is 23.1 Å². The molecule has 1 amide bonds. The Morgan fingerprint density at radius 1 is 1.08 bits per heavy atom. The number of piperazine rings is 1. The molecular weight excluding hydrogens is 508 g/mol. The summed E-state index contributed by atoms with van der Waals surface area (Å²) in [6.07, 6.45) is 5.32. The molecule has 5 heterocycles. The molecule has 0 bridgehead atoms. The predicted molar refractivity (Wildman–Crippen MR) is 152 cm³/mol. The molecule has 0 atom stereocenters. The Bertz CT molecular complexity index is 1190. The van der Waals surface area contributed by atoms with Crippen molar-refractivity contribution < 1.29 is 9.53 Å². The molecule has 2 aliphatic heterocycles. The topological polar surface area (TPSA) is 114 Å². The van der Waals surface area contributed by atoms with Crippen LogP contribution in [0.1, 0.15) is 24.3 Å². The van der Waals surface area contributed by atoms with Crippen LogP contribution in [0, 0.1) is 6.92 Å². The number of aryl methyl sites for hydroxylation is 1. The van der Waals surface area contributed by atoms with Gasteiger partial charge in [-0.25, -0.2) is 19.9 Å². The van der Waals surface area contributed by atoms with Crippen molar-refractivity contribution in [2.75, 3.05) is 75.1 Å². The highest BCUT2D eigenvalue weighted by atomic mass is 32.2. The van der Waals surface area contributed by atoms with Crippen molar-refractivity contribution in [3.63, 3.8) is 0 Å². The highest BCUT2D eigenvalue weighted by molar-refractivity contribution is 7.99. The number of thioether (sulfide) groups is 1. The minimum absolute atomic E-state index is 0.229. The summed E-state index contributed by atoms with van der Waals surface area (Å²) in [5.74, 6) is 2.57. The van der Waals surface area contributed by atoms with Gasteiger partial charge in [0.1, 0.15) is 0 Å². The van der Waals surface area contributed by atoms with Crippen molar-refractivity contribution in [1.29, 1.82) is 0 Å². The Morgan fingerprint density at radius 3 is 2.41 bits per heavy atom. The second kappa shape index (κ2) is 12.8. The smallest absolute Gasteiger partial charge is 0.232 e. The fourth-order valence-corrected chi connectivity index (χ4v) is 6.15. The van der Waals surface area contributed by atoms with Gasteiger partial charge in [0, 0.05) is 63.1 Å². The molecule has 0 aliphatic carbocycles. The number of anilines is 2. The number of aromatic nitrogens is 4. The first kappa shape index (κ1) is 27.5. The van der Waals surface area contributed by atoms with Crippen molar-refractivity contribution in [2.24, 2.45) is 0 Å². The number of morpholine rings is 1. The number of nitrogens with zero attached hydrogens (tertiary/aromatic N) is 7. The van der Waals surface area contributed by atoms with Crippen LogP contribution in [0.25, 0.3) is 21.6 Å². The van der Waals surface area contributed by atoms with E-state index in [1.54, 1.807) is 35.5 Å². The third-order valence-corrected chi connectivity index (χ3v) is 8.24. The van der Waals surface area contributed by atoms with Crippen LogP contribution in [0.15, 0.2) is 12.4 Å². The summed E-state index contributed by atoms with van der Waals surface area (Å²) in [6.45, 7) is 13.3. The van der Waals surface area contributed by atoms with Crippen molar-refractivity contribution in [3.8, 4) is 11.4 Å². The highest BCUT2D eigenvalue weighted by Gasteiger charge is 2.25. The third-order valence-electron chi connectivity index (χ3n) is 6.45. The van der Waals surface area contributed by atoms with E-state index in [0.29, 0.717) is 24.8 Å². The quantitative estimate of drug-likeness (QED) is 0.497. The third kappa shape index (κ3) is 6.31. The van der Waals surface area contributed by atoms with E-state index in [9.17, 15) is 4.79 Å². The van der Waals surface area contributed by atoms with Crippen molar-refractivity contribution in [2.45, 2.75) is 27.3 Å². The molecule has 10 nitrogen and oxygen atoms in total. The van der Waals surface area contributed by atoms with Crippen LogP contribution in [0.4, 0.5) is 11.8 Å². The summed E-state index contributed by atoms with van der Waals surface area (Å²) < 4.78 is 6.68. The summed E-state index contributed by atoms with van der Waals surface area (Å²) in [7, 11) is 0. The SMILES string of the molecule is CC.CSCC(=O)N1CCN(Cc2sc3c(N4CCOCC4)nc(-c4cnc(N)nc4)nc3c2C)CC1. The zero-order valence-electron chi connectivity index (χ0n) is 22.1. The van der Waals surface area contributed by atoms with Crippen LogP contribution in [0.2, 0.25) is 0 Å². The second-order valence-corrected chi connectivity index (χ2v) is 10.7. The van der Waals surface area contributed by atoms with E-state index in [1.807, 2.05) is 25.0 Å². The molecule has 2 N–H and O–H groups in total. The average Bonchev–Trinajstić information content (AvgIpc) is 3.25. The van der Waals surface area contributed by atoms with Crippen LogP contribution < -0.4 is 10.6 Å². The number of hydrogen-bond donors (Lipinski definition) is 1. The Kier molecular flexibility index (Phi) is 9.52. The number of nitrogen functional groups attached to an aromatic ring is 1. The standard InChI is InChI=1S/C23H30N8O2S2.C2H6/c1-15-17(13-29-3-5-30(6-4-29)18(32)14-34-2)35-20-19(15)27-21(16-11-25-23(24)26-12-16)28-22(20)31-7-9-33-10-8-31;1-2/h11-12H,3-10,13-14H2,1-2H3,(H2,24,25,26);1-2H3. The summed E-state index contributed by atoms with van der Waals surface area (Å²) >= 11 is 3.36. The lowest BCUT2D eigenvalue weighted by Gasteiger charge is -2.34. The molecule has 5 rings (SSSR count). The number of hydrogen-bond acceptors (Lipinski definition) is 11. The first-order chi connectivity index (χ1) is 18.0. The summed E-state index contributed by atoms with van der Waals surface area (Å²) in [4.78, 5) is 38.4. The van der Waals surface area contributed by atoms with Gasteiger partial charge in [-0.1, -0.05) is 13.8 Å². The van der Waals surface area contributed by atoms with Gasteiger partial charge in [-0.05, 0) is 18.7 Å². The Hall–Kier alpha value is -2.54. The van der Waals surface area contributed by atoms with Gasteiger partial charge in [0.25, 0.3) is 0 Å². The number of carbonyl (C=O) groups excluding carboxylic acids is 1. The molecule has 3 aromatic heterocycles. The monoisotopic (exact) mass is 544 g/mol. The van der Waals surface area contributed by atoms with Crippen molar-refractivity contribution in [1.82, 2.24) is 29.7 Å². The van der Waals surface area contributed by atoms with E-state index in [-0.39, 0.29) is 11.9 Å². The maximum absolute atomic E-state index is 12.2. The Balaban J connectivity index is 0.00000156. The summed E-state index contributed by atoms with van der Waals surface area (Å²) in [5, 5.41) is 0. The van der Waals surface area contributed by atoms with E-state index < -0.39 is 0 Å². The maximum Gasteiger partial charge on any atom is 0.232 e. The van der Waals surface area contributed by atoms with Gasteiger partial charge in [0.15, 0.2) is 11.6 Å². The second-order valence-electron chi connectivity index (χ2n) is 8.72. The minimum atomic E-state index is 0.229. The van der Waals surface area contributed by atoms with E-state index in [0.717, 1.165) is 67.4 Å². The molecule has 0 unspecified atom stereocenters. The van der Waals surface area contributed by atoms with Gasteiger partial charge in [-0.3, -0.25) is 9.69 Å². The largest absolute Gasteiger partial charge is 0.378 e. The number of fused-ring (bicyclic) bond motifs is 1. The van der Waals surface area contributed by atoms with Gasteiger partial charge in [0.2, 0.25) is 11.9 Å². The van der Waals surface area contributed by atoms with Crippen LogP contribution in [-0.4, -0.2) is 100 Å². The minimum Gasteiger partial charge on any atom is -0.378 e. The number of ether oxygens (including phenoxy) is 1. The van der Waals surface area contributed by atoms with Gasteiger partial charge in [-0.15, -0.1) is 11.3 Å². The molecule has 2 aliphatic rings. The Morgan fingerprint density at radius 2 is 1.76 bits per heavy atom. The van der Waals surface area contributed by atoms with Gasteiger partial charge < -0.3 is 20.3 Å². The van der Waals surface area contributed by atoms with Crippen LogP contribution in [0.5, 0.6) is 0 Å². The molecule has 200 valence electrons. The van der Waals surface area contributed by atoms with Gasteiger partial charge >= 0.3 is 0 Å². The lowest BCUT2D eigenvalue weighted by atomic mass is 10.2. The van der Waals surface area contributed by atoms with E-state index in [1.165, 1.54) is 10.4 Å². The zero-order valence-corrected chi connectivity index (χ0v) is 23.7. The fourth-order valence-electron chi connectivity index (χ4n) is 4.41. The molecule has 12 heteroatoms. The lowest BCUT2D eigenvalue weighted by molar-refractivity contribution is -0.130. The number of rotatable bonds is 6. The first-order valence-electron chi connectivity index (χ1n) is 12.7. The predicted octanol–water partition coefficient (Wildman–Crippen LogP) is 2.91. The normalized spacial score (nSPS) is 16.5. The number of carbonyl (C=O) groups is 1. The lowest BCUT2D eigenvalue weighted by Crippen LogP contribution is -2.48. The number of thiophene rings is 1. The Labute approximate surface area is 226 Å². The fraction of sp³-hybridized carbons (Fsp3) is 0.560. The van der Waals surface area contributed by atoms with Crippen molar-refractivity contribution >= 4 is 51.0 Å². The van der Waals surface area contributed by atoms with E-state index in [2.05, 4.69) is 26.7 Å². The molecule has 0 saturated carbocycles. The number of amides is 1. The van der Waals surface area contributed by atoms with Gasteiger partial charge in [0.05, 0.1) is 34.7 Å². The summed E-state index contributed by atoms with van der Waals surface area (Å²) in [5.41, 5.74) is 8.59. The average molecular weight is 545 g/mol. The van der Waals surface area contributed by atoms with E-state index >= 15 is 0 Å². The highest BCUT2D eigenvalue weighted by Crippen LogP contribution is 2.38. The van der Waals surface area contributed by atoms with E-state index in [4.69, 9.17) is 20.4 Å². The molecule has 2 fully saturated rings. The number of nitrogens with two attached hydrogens (primary N) is 1. The maximum atomic E-state index is 12.2. The van der Waals surface area contributed by atoms with Gasteiger partial charge in [-0.2, -0.15) is 11.8 Å². The molecule has 0 aromatic carbocycles. The molecule has 0 radical (unpaired) electrons.